The number of nitrogens with one attached hydrogen (secondary N) is 2. The van der Waals surface area contributed by atoms with E-state index < -0.39 is 0 Å². The van der Waals surface area contributed by atoms with Crippen LogP contribution < -0.4 is 5.32 Å². The van der Waals surface area contributed by atoms with Crippen molar-refractivity contribution < 1.29 is 4.79 Å². The topological polar surface area (TPSA) is 61.0 Å². The van der Waals surface area contributed by atoms with Gasteiger partial charge in [0.2, 0.25) is 0 Å². The number of rotatable bonds is 3. The van der Waals surface area contributed by atoms with Crippen molar-refractivity contribution >= 4 is 16.8 Å². The first-order valence-corrected chi connectivity index (χ1v) is 7.15. The van der Waals surface area contributed by atoms with E-state index in [1.165, 1.54) is 0 Å². The number of fused-ring (bicyclic) bond motifs is 1. The fourth-order valence-electron chi connectivity index (χ4n) is 2.66. The van der Waals surface area contributed by atoms with Gasteiger partial charge in [0.25, 0.3) is 0 Å². The first kappa shape index (κ1) is 13.3. The summed E-state index contributed by atoms with van der Waals surface area (Å²) in [6.45, 7) is 6.36. The van der Waals surface area contributed by atoms with Crippen molar-refractivity contribution in [3.05, 3.63) is 29.6 Å². The highest BCUT2D eigenvalue weighted by Gasteiger charge is 2.14. The van der Waals surface area contributed by atoms with Crippen LogP contribution in [0.1, 0.15) is 22.6 Å². The molecule has 0 radical (unpaired) electrons. The van der Waals surface area contributed by atoms with E-state index in [0.717, 1.165) is 55.0 Å². The van der Waals surface area contributed by atoms with Gasteiger partial charge in [0, 0.05) is 18.7 Å². The Morgan fingerprint density at radius 3 is 3.15 bits per heavy atom. The molecule has 1 aromatic heterocycles. The third kappa shape index (κ3) is 2.89. The third-order valence-corrected chi connectivity index (χ3v) is 3.72. The molecule has 0 atom stereocenters. The smallest absolute Gasteiger partial charge is 0.176 e. The quantitative estimate of drug-likeness (QED) is 0.828. The number of carbonyl (C=O) groups excluding carboxylic acids is 1. The van der Waals surface area contributed by atoms with E-state index in [1.54, 1.807) is 0 Å². The van der Waals surface area contributed by atoms with E-state index in [1.807, 2.05) is 25.1 Å². The Labute approximate surface area is 118 Å². The summed E-state index contributed by atoms with van der Waals surface area (Å²) in [5.74, 6) is 1.06. The highest BCUT2D eigenvalue weighted by molar-refractivity contribution is 6.00. The number of aromatic amines is 1. The van der Waals surface area contributed by atoms with Crippen LogP contribution in [-0.4, -0.2) is 53.4 Å². The van der Waals surface area contributed by atoms with Crippen molar-refractivity contribution in [3.63, 3.8) is 0 Å². The lowest BCUT2D eigenvalue weighted by Crippen LogP contribution is -2.33. The molecule has 106 valence electrons. The molecule has 20 heavy (non-hydrogen) atoms. The predicted molar refractivity (Wildman–Crippen MR) is 79.1 cm³/mol. The van der Waals surface area contributed by atoms with Gasteiger partial charge in [-0.2, -0.15) is 0 Å². The molecule has 0 saturated carbocycles. The average molecular weight is 272 g/mol. The molecular weight excluding hydrogens is 252 g/mol. The van der Waals surface area contributed by atoms with Gasteiger partial charge in [-0.15, -0.1) is 0 Å². The second-order valence-electron chi connectivity index (χ2n) is 5.36. The van der Waals surface area contributed by atoms with Crippen LogP contribution in [-0.2, 0) is 0 Å². The molecule has 1 aromatic carbocycles. The van der Waals surface area contributed by atoms with Crippen LogP contribution in [0.4, 0.5) is 0 Å². The minimum absolute atomic E-state index is 0.182. The van der Waals surface area contributed by atoms with Gasteiger partial charge in [-0.05, 0) is 44.6 Å². The molecule has 2 heterocycles. The standard InChI is InChI=1S/C15H20N4O/c1-11-17-13-4-3-12(9-14(13)18-11)15(20)10-19-7-2-5-16-6-8-19/h3-4,9,16H,2,5-8,10H2,1H3,(H,17,18). The maximum absolute atomic E-state index is 12.4. The van der Waals surface area contributed by atoms with E-state index >= 15 is 0 Å². The van der Waals surface area contributed by atoms with E-state index in [9.17, 15) is 4.79 Å². The van der Waals surface area contributed by atoms with E-state index in [2.05, 4.69) is 20.2 Å². The lowest BCUT2D eigenvalue weighted by molar-refractivity contribution is 0.0935. The molecule has 1 fully saturated rings. The van der Waals surface area contributed by atoms with Gasteiger partial charge in [-0.25, -0.2) is 4.98 Å². The Morgan fingerprint density at radius 1 is 1.35 bits per heavy atom. The summed E-state index contributed by atoms with van der Waals surface area (Å²) in [6, 6.07) is 5.70. The molecule has 2 N–H and O–H groups in total. The molecular formula is C15H20N4O. The van der Waals surface area contributed by atoms with Gasteiger partial charge in [-0.1, -0.05) is 0 Å². The van der Waals surface area contributed by atoms with E-state index in [-0.39, 0.29) is 5.78 Å². The number of Topliss-reactive ketones (excluding diaryl/α,β-unsaturated/α-hetero) is 1. The van der Waals surface area contributed by atoms with E-state index in [0.29, 0.717) is 6.54 Å². The van der Waals surface area contributed by atoms with E-state index in [4.69, 9.17) is 0 Å². The molecule has 2 aromatic rings. The van der Waals surface area contributed by atoms with Gasteiger partial charge in [0.05, 0.1) is 17.6 Å². The van der Waals surface area contributed by atoms with Crippen LogP contribution >= 0.6 is 0 Å². The number of carbonyl (C=O) groups is 1. The van der Waals surface area contributed by atoms with Crippen molar-refractivity contribution in [3.8, 4) is 0 Å². The van der Waals surface area contributed by atoms with Crippen molar-refractivity contribution in [1.82, 2.24) is 20.2 Å². The Hall–Kier alpha value is -1.72. The van der Waals surface area contributed by atoms with Crippen LogP contribution in [0.15, 0.2) is 18.2 Å². The molecule has 0 amide bonds. The zero-order valence-electron chi connectivity index (χ0n) is 11.8. The molecule has 5 nitrogen and oxygen atoms in total. The number of aryl methyl sites for hydroxylation is 1. The Balaban J connectivity index is 1.74. The average Bonchev–Trinajstić information content (AvgIpc) is 2.62. The lowest BCUT2D eigenvalue weighted by atomic mass is 10.1. The molecule has 1 saturated heterocycles. The minimum atomic E-state index is 0.182. The monoisotopic (exact) mass is 272 g/mol. The van der Waals surface area contributed by atoms with Gasteiger partial charge in [-0.3, -0.25) is 9.69 Å². The molecule has 3 rings (SSSR count). The fourth-order valence-corrected chi connectivity index (χ4v) is 2.66. The molecule has 1 aliphatic heterocycles. The second kappa shape index (κ2) is 5.73. The molecule has 5 heteroatoms. The summed E-state index contributed by atoms with van der Waals surface area (Å²) >= 11 is 0. The zero-order chi connectivity index (χ0) is 13.9. The number of ketones is 1. The summed E-state index contributed by atoms with van der Waals surface area (Å²) in [6.07, 6.45) is 1.10. The van der Waals surface area contributed by atoms with Crippen molar-refractivity contribution in [1.29, 1.82) is 0 Å². The van der Waals surface area contributed by atoms with Crippen molar-refractivity contribution in [2.45, 2.75) is 13.3 Å². The predicted octanol–water partition coefficient (Wildman–Crippen LogP) is 1.35. The largest absolute Gasteiger partial charge is 0.342 e. The SMILES string of the molecule is Cc1nc2ccc(C(=O)CN3CCCNCC3)cc2[nH]1. The number of hydrogen-bond donors (Lipinski definition) is 2. The summed E-state index contributed by atoms with van der Waals surface area (Å²) in [5.41, 5.74) is 2.61. The van der Waals surface area contributed by atoms with Crippen LogP contribution in [0, 0.1) is 6.92 Å². The third-order valence-electron chi connectivity index (χ3n) is 3.72. The molecule has 0 unspecified atom stereocenters. The molecule has 0 spiro atoms. The van der Waals surface area contributed by atoms with Gasteiger partial charge in [0.15, 0.2) is 5.78 Å². The van der Waals surface area contributed by atoms with Crippen LogP contribution in [0.25, 0.3) is 11.0 Å². The Kier molecular flexibility index (Phi) is 3.80. The minimum Gasteiger partial charge on any atom is -0.342 e. The van der Waals surface area contributed by atoms with Crippen molar-refractivity contribution in [2.75, 3.05) is 32.7 Å². The number of benzene rings is 1. The number of aromatic nitrogens is 2. The first-order valence-electron chi connectivity index (χ1n) is 7.15. The highest BCUT2D eigenvalue weighted by Crippen LogP contribution is 2.14. The number of H-pyrrole nitrogens is 1. The normalized spacial score (nSPS) is 17.2. The summed E-state index contributed by atoms with van der Waals surface area (Å²) in [7, 11) is 0. The van der Waals surface area contributed by atoms with Crippen molar-refractivity contribution in [2.24, 2.45) is 0 Å². The summed E-state index contributed by atoms with van der Waals surface area (Å²) in [5, 5.41) is 3.35. The molecule has 0 bridgehead atoms. The second-order valence-corrected chi connectivity index (χ2v) is 5.36. The van der Waals surface area contributed by atoms with Crippen LogP contribution in [0.3, 0.4) is 0 Å². The number of hydrogen-bond acceptors (Lipinski definition) is 4. The van der Waals surface area contributed by atoms with Crippen LogP contribution in [0.5, 0.6) is 0 Å². The van der Waals surface area contributed by atoms with Gasteiger partial charge >= 0.3 is 0 Å². The Morgan fingerprint density at radius 2 is 2.25 bits per heavy atom. The summed E-state index contributed by atoms with van der Waals surface area (Å²) < 4.78 is 0. The number of imidazole rings is 1. The molecule has 1 aliphatic rings. The highest BCUT2D eigenvalue weighted by atomic mass is 16.1. The Bertz CT molecular complexity index is 611. The maximum Gasteiger partial charge on any atom is 0.176 e. The molecule has 0 aliphatic carbocycles. The zero-order valence-corrected chi connectivity index (χ0v) is 11.8. The first-order chi connectivity index (χ1) is 9.72. The number of nitrogens with zero attached hydrogens (tertiary/aromatic N) is 2. The lowest BCUT2D eigenvalue weighted by Gasteiger charge is -2.18. The fraction of sp³-hybridized carbons (Fsp3) is 0.467. The van der Waals surface area contributed by atoms with Gasteiger partial charge < -0.3 is 10.3 Å². The van der Waals surface area contributed by atoms with Gasteiger partial charge in [0.1, 0.15) is 5.82 Å². The van der Waals surface area contributed by atoms with Crippen LogP contribution in [0.2, 0.25) is 0 Å². The summed E-state index contributed by atoms with van der Waals surface area (Å²) in [4.78, 5) is 22.1. The maximum atomic E-state index is 12.4.